The molecule has 1 aliphatic carbocycles. The highest BCUT2D eigenvalue weighted by atomic mass is 19.1. The molecule has 2 atom stereocenters. The lowest BCUT2D eigenvalue weighted by molar-refractivity contribution is -0.120. The smallest absolute Gasteiger partial charge is 0.165 e. The molecule has 2 unspecified atom stereocenters. The second-order valence-corrected chi connectivity index (χ2v) is 7.08. The van der Waals surface area contributed by atoms with Crippen LogP contribution in [0.2, 0.25) is 0 Å². The molecule has 1 N–H and O–H groups in total. The Hall–Kier alpha value is -1.80. The van der Waals surface area contributed by atoms with E-state index in [2.05, 4.69) is 28.0 Å². The van der Waals surface area contributed by atoms with E-state index in [0.29, 0.717) is 11.7 Å². The van der Waals surface area contributed by atoms with Crippen LogP contribution in [0.3, 0.4) is 0 Å². The van der Waals surface area contributed by atoms with Gasteiger partial charge in [0.05, 0.1) is 0 Å². The number of alkyl halides is 1. The molecule has 1 saturated carbocycles. The van der Waals surface area contributed by atoms with Gasteiger partial charge in [-0.25, -0.2) is 4.39 Å². The van der Waals surface area contributed by atoms with Crippen LogP contribution >= 0.6 is 0 Å². The summed E-state index contributed by atoms with van der Waals surface area (Å²) in [5, 5.41) is 3.30. The van der Waals surface area contributed by atoms with Crippen LogP contribution in [0, 0.1) is 18.8 Å². The molecule has 0 aromatic carbocycles. The maximum Gasteiger partial charge on any atom is 0.165 e. The summed E-state index contributed by atoms with van der Waals surface area (Å²) >= 11 is 0. The molecule has 2 fully saturated rings. The van der Waals surface area contributed by atoms with Gasteiger partial charge in [-0.1, -0.05) is 20.8 Å². The molecule has 5 heteroatoms. The second kappa shape index (κ2) is 11.1. The van der Waals surface area contributed by atoms with Crippen LogP contribution in [0.1, 0.15) is 47.5 Å². The SMILES string of the molecule is C#C.CC.CC1=C(/C=C(\C(C)F)N2CCNCC2)N(C2CC2)CC(C)C1=O. The van der Waals surface area contributed by atoms with Gasteiger partial charge in [-0.3, -0.25) is 4.79 Å². The summed E-state index contributed by atoms with van der Waals surface area (Å²) in [5.74, 6) is 0.248. The Balaban J connectivity index is 0.000000855. The van der Waals surface area contributed by atoms with Gasteiger partial charge in [-0.2, -0.15) is 0 Å². The van der Waals surface area contributed by atoms with Gasteiger partial charge in [0.15, 0.2) is 5.78 Å². The van der Waals surface area contributed by atoms with E-state index in [4.69, 9.17) is 0 Å². The minimum atomic E-state index is -1.02. The summed E-state index contributed by atoms with van der Waals surface area (Å²) in [6.07, 6.45) is 11.3. The van der Waals surface area contributed by atoms with E-state index in [9.17, 15) is 9.18 Å². The zero-order valence-corrected chi connectivity index (χ0v) is 17.6. The number of nitrogens with zero attached hydrogens (tertiary/aromatic N) is 2. The van der Waals surface area contributed by atoms with E-state index in [1.165, 1.54) is 12.8 Å². The number of Topliss-reactive ketones (excluding diaryl/α,β-unsaturated/α-hetero) is 1. The first-order valence-electron chi connectivity index (χ1n) is 10.2. The number of hydrogen-bond donors (Lipinski definition) is 1. The lowest BCUT2D eigenvalue weighted by Crippen LogP contribution is -2.45. The number of piperazine rings is 1. The Kier molecular flexibility index (Phi) is 9.59. The zero-order chi connectivity index (χ0) is 20.6. The predicted octanol–water partition coefficient (Wildman–Crippen LogP) is 3.37. The van der Waals surface area contributed by atoms with Crippen molar-refractivity contribution in [2.45, 2.75) is 59.7 Å². The van der Waals surface area contributed by atoms with Crippen LogP contribution < -0.4 is 5.32 Å². The molecule has 2 heterocycles. The standard InChI is InChI=1S/C18H28FN3O.C2H6.C2H2/c1-12-11-22(15-4-5-15)16(13(2)18(12)23)10-17(14(3)19)21-8-6-20-7-9-21;2*1-2/h10,12,14-15,20H,4-9,11H2,1-3H3;1-2H3;1-2H/b17-10+;;. The lowest BCUT2D eigenvalue weighted by atomic mass is 9.92. The highest BCUT2D eigenvalue weighted by Crippen LogP contribution is 2.36. The van der Waals surface area contributed by atoms with Crippen LogP contribution in [0.4, 0.5) is 4.39 Å². The van der Waals surface area contributed by atoms with E-state index in [0.717, 1.165) is 44.0 Å². The molecule has 27 heavy (non-hydrogen) atoms. The minimum absolute atomic E-state index is 0.0400. The van der Waals surface area contributed by atoms with Crippen molar-refractivity contribution in [1.82, 2.24) is 15.1 Å². The number of carbonyl (C=O) groups excluding carboxylic acids is 1. The number of nitrogens with one attached hydrogen (secondary N) is 1. The Morgan fingerprint density at radius 2 is 1.81 bits per heavy atom. The van der Waals surface area contributed by atoms with Gasteiger partial charge < -0.3 is 15.1 Å². The number of hydrogen-bond acceptors (Lipinski definition) is 4. The molecule has 3 aliphatic rings. The van der Waals surface area contributed by atoms with Gasteiger partial charge >= 0.3 is 0 Å². The summed E-state index contributed by atoms with van der Waals surface area (Å²) < 4.78 is 14.3. The topological polar surface area (TPSA) is 35.6 Å². The molecule has 152 valence electrons. The first-order valence-corrected chi connectivity index (χ1v) is 10.2. The predicted molar refractivity (Wildman–Crippen MR) is 111 cm³/mol. The summed E-state index contributed by atoms with van der Waals surface area (Å²) in [6, 6.07) is 0.533. The lowest BCUT2D eigenvalue weighted by Gasteiger charge is -2.37. The average molecular weight is 378 g/mol. The highest BCUT2D eigenvalue weighted by molar-refractivity contribution is 5.98. The van der Waals surface area contributed by atoms with Crippen molar-refractivity contribution in [3.63, 3.8) is 0 Å². The van der Waals surface area contributed by atoms with Crippen molar-refractivity contribution < 1.29 is 9.18 Å². The third-order valence-corrected chi connectivity index (χ3v) is 5.14. The summed E-state index contributed by atoms with van der Waals surface area (Å²) in [5.41, 5.74) is 2.46. The van der Waals surface area contributed by atoms with E-state index < -0.39 is 6.17 Å². The maximum atomic E-state index is 14.3. The number of halogens is 1. The first kappa shape index (κ1) is 23.2. The summed E-state index contributed by atoms with van der Waals surface area (Å²) in [4.78, 5) is 16.9. The van der Waals surface area contributed by atoms with Crippen molar-refractivity contribution in [3.8, 4) is 12.8 Å². The minimum Gasteiger partial charge on any atom is -0.370 e. The van der Waals surface area contributed by atoms with Gasteiger partial charge in [-0.15, -0.1) is 12.8 Å². The molecule has 0 aromatic heterocycles. The molecule has 1 saturated heterocycles. The zero-order valence-electron chi connectivity index (χ0n) is 17.6. The molecule has 2 aliphatic heterocycles. The van der Waals surface area contributed by atoms with Crippen molar-refractivity contribution in [2.24, 2.45) is 5.92 Å². The van der Waals surface area contributed by atoms with Crippen molar-refractivity contribution in [1.29, 1.82) is 0 Å². The molecule has 0 bridgehead atoms. The number of ketones is 1. The summed E-state index contributed by atoms with van der Waals surface area (Å²) in [7, 11) is 0. The Morgan fingerprint density at radius 3 is 2.30 bits per heavy atom. The molecular weight excluding hydrogens is 341 g/mol. The van der Waals surface area contributed by atoms with Crippen molar-refractivity contribution in [2.75, 3.05) is 32.7 Å². The maximum absolute atomic E-state index is 14.3. The van der Waals surface area contributed by atoms with Gasteiger partial charge in [0, 0.05) is 61.7 Å². The number of rotatable bonds is 4. The van der Waals surface area contributed by atoms with Crippen molar-refractivity contribution >= 4 is 5.78 Å². The van der Waals surface area contributed by atoms with Gasteiger partial charge in [0.1, 0.15) is 6.17 Å². The van der Waals surface area contributed by atoms with Crippen LogP contribution in [0.15, 0.2) is 23.0 Å². The van der Waals surface area contributed by atoms with Crippen LogP contribution in [0.5, 0.6) is 0 Å². The van der Waals surface area contributed by atoms with E-state index in [1.54, 1.807) is 6.92 Å². The molecule has 0 aromatic rings. The van der Waals surface area contributed by atoms with Crippen LogP contribution in [-0.4, -0.2) is 60.5 Å². The molecule has 4 nitrogen and oxygen atoms in total. The first-order chi connectivity index (χ1) is 13.0. The molecule has 0 radical (unpaired) electrons. The molecular formula is C22H36FN3O. The third-order valence-electron chi connectivity index (χ3n) is 5.14. The quantitative estimate of drug-likeness (QED) is 0.762. The number of carbonyl (C=O) groups is 1. The van der Waals surface area contributed by atoms with E-state index in [-0.39, 0.29) is 11.7 Å². The van der Waals surface area contributed by atoms with Gasteiger partial charge in [0.2, 0.25) is 0 Å². The van der Waals surface area contributed by atoms with Crippen LogP contribution in [-0.2, 0) is 4.79 Å². The number of allylic oxidation sites excluding steroid dienone is 3. The third kappa shape index (κ3) is 5.84. The fourth-order valence-corrected chi connectivity index (χ4v) is 3.63. The van der Waals surface area contributed by atoms with Gasteiger partial charge in [0.25, 0.3) is 0 Å². The molecule has 0 amide bonds. The van der Waals surface area contributed by atoms with E-state index >= 15 is 0 Å². The average Bonchev–Trinajstić information content (AvgIpc) is 3.54. The molecule has 0 spiro atoms. The van der Waals surface area contributed by atoms with Crippen LogP contribution in [0.25, 0.3) is 0 Å². The monoisotopic (exact) mass is 377 g/mol. The summed E-state index contributed by atoms with van der Waals surface area (Å²) in [6.45, 7) is 13.7. The largest absolute Gasteiger partial charge is 0.370 e. The van der Waals surface area contributed by atoms with Crippen molar-refractivity contribution in [3.05, 3.63) is 23.0 Å². The number of terminal acetylenes is 1. The highest BCUT2D eigenvalue weighted by Gasteiger charge is 2.37. The Labute approximate surface area is 164 Å². The normalized spacial score (nSPS) is 24.5. The fourth-order valence-electron chi connectivity index (χ4n) is 3.63. The second-order valence-electron chi connectivity index (χ2n) is 7.08. The van der Waals surface area contributed by atoms with Gasteiger partial charge in [-0.05, 0) is 32.8 Å². The Morgan fingerprint density at radius 1 is 1.26 bits per heavy atom. The fraction of sp³-hybridized carbons (Fsp3) is 0.682. The Bertz CT molecular complexity index is 569. The van der Waals surface area contributed by atoms with E-state index in [1.807, 2.05) is 33.8 Å². The molecule has 3 rings (SSSR count).